The van der Waals surface area contributed by atoms with E-state index in [0.717, 1.165) is 20.6 Å². The highest BCUT2D eigenvalue weighted by Crippen LogP contribution is 2.31. The van der Waals surface area contributed by atoms with Crippen molar-refractivity contribution < 1.29 is 14.3 Å². The number of carbonyl (C=O) groups is 1. The van der Waals surface area contributed by atoms with E-state index in [2.05, 4.69) is 27.0 Å². The maximum absolute atomic E-state index is 10.9. The zero-order chi connectivity index (χ0) is 15.0. The van der Waals surface area contributed by atoms with Crippen LogP contribution in [0.3, 0.4) is 0 Å². The van der Waals surface area contributed by atoms with Crippen LogP contribution in [0.5, 0.6) is 0 Å². The van der Waals surface area contributed by atoms with Gasteiger partial charge in [0, 0.05) is 21.5 Å². The van der Waals surface area contributed by atoms with Crippen molar-refractivity contribution in [2.75, 3.05) is 0 Å². The fourth-order valence-corrected chi connectivity index (χ4v) is 2.93. The molecule has 0 atom stereocenters. The van der Waals surface area contributed by atoms with Crippen LogP contribution in [0.1, 0.15) is 15.9 Å². The topological polar surface area (TPSA) is 63.3 Å². The van der Waals surface area contributed by atoms with Gasteiger partial charge in [-0.15, -0.1) is 11.3 Å². The first-order chi connectivity index (χ1) is 10.0. The minimum atomic E-state index is -1.01. The number of carboxylic acids is 1. The van der Waals surface area contributed by atoms with E-state index in [-0.39, 0.29) is 5.56 Å². The highest BCUT2D eigenvalue weighted by atomic mass is 79.9. The SMILES string of the molecule is Cc1cc(-c2nc(-c3cc(C(=O)O)co3)cs2)ccc1Br. The number of carboxylic acid groups (broad SMARTS) is 1. The Bertz CT molecular complexity index is 822. The van der Waals surface area contributed by atoms with E-state index < -0.39 is 5.97 Å². The minimum Gasteiger partial charge on any atom is -0.478 e. The summed E-state index contributed by atoms with van der Waals surface area (Å²) in [6.45, 7) is 2.02. The molecule has 0 radical (unpaired) electrons. The summed E-state index contributed by atoms with van der Waals surface area (Å²) in [5.74, 6) is -0.548. The molecule has 0 aliphatic heterocycles. The Morgan fingerprint density at radius 2 is 2.19 bits per heavy atom. The Balaban J connectivity index is 1.95. The predicted molar refractivity (Wildman–Crippen MR) is 84.6 cm³/mol. The lowest BCUT2D eigenvalue weighted by molar-refractivity contribution is 0.0696. The first-order valence-electron chi connectivity index (χ1n) is 6.09. The van der Waals surface area contributed by atoms with Crippen LogP contribution in [0.25, 0.3) is 22.0 Å². The average Bonchev–Trinajstić information content (AvgIpc) is 3.09. The number of aryl methyl sites for hydroxylation is 1. The molecule has 0 saturated heterocycles. The summed E-state index contributed by atoms with van der Waals surface area (Å²) in [5.41, 5.74) is 2.93. The second-order valence-electron chi connectivity index (χ2n) is 4.51. The number of nitrogens with zero attached hydrogens (tertiary/aromatic N) is 1. The highest BCUT2D eigenvalue weighted by Gasteiger charge is 2.13. The molecule has 3 aromatic rings. The van der Waals surface area contributed by atoms with E-state index in [1.807, 2.05) is 24.4 Å². The van der Waals surface area contributed by atoms with Gasteiger partial charge in [0.25, 0.3) is 0 Å². The molecule has 0 unspecified atom stereocenters. The predicted octanol–water partition coefficient (Wildman–Crippen LogP) is 4.84. The maximum Gasteiger partial charge on any atom is 0.338 e. The molecule has 106 valence electrons. The second kappa shape index (κ2) is 5.46. The molecule has 2 aromatic heterocycles. The van der Waals surface area contributed by atoms with Crippen molar-refractivity contribution in [2.45, 2.75) is 6.92 Å². The molecule has 1 N–H and O–H groups in total. The third kappa shape index (κ3) is 2.77. The van der Waals surface area contributed by atoms with Crippen molar-refractivity contribution in [1.82, 2.24) is 4.98 Å². The molecular weight excluding hydrogens is 354 g/mol. The molecule has 3 rings (SSSR count). The third-order valence-corrected chi connectivity index (χ3v) is 4.79. The highest BCUT2D eigenvalue weighted by molar-refractivity contribution is 9.10. The van der Waals surface area contributed by atoms with Gasteiger partial charge >= 0.3 is 5.97 Å². The van der Waals surface area contributed by atoms with Crippen LogP contribution in [0.2, 0.25) is 0 Å². The van der Waals surface area contributed by atoms with Crippen molar-refractivity contribution in [3.05, 3.63) is 51.5 Å². The first kappa shape index (κ1) is 14.0. The van der Waals surface area contributed by atoms with E-state index >= 15 is 0 Å². The Morgan fingerprint density at radius 1 is 1.38 bits per heavy atom. The molecule has 0 fully saturated rings. The molecular formula is C15H10BrNO3S. The normalized spacial score (nSPS) is 10.8. The van der Waals surface area contributed by atoms with Crippen molar-refractivity contribution in [2.24, 2.45) is 0 Å². The lowest BCUT2D eigenvalue weighted by Gasteiger charge is -2.00. The number of hydrogen-bond donors (Lipinski definition) is 1. The van der Waals surface area contributed by atoms with Gasteiger partial charge < -0.3 is 9.52 Å². The molecule has 0 amide bonds. The summed E-state index contributed by atoms with van der Waals surface area (Å²) in [5, 5.41) is 11.6. The molecule has 4 nitrogen and oxygen atoms in total. The third-order valence-electron chi connectivity index (χ3n) is 3.01. The Hall–Kier alpha value is -1.92. The van der Waals surface area contributed by atoms with Gasteiger partial charge in [0.2, 0.25) is 0 Å². The monoisotopic (exact) mass is 363 g/mol. The minimum absolute atomic E-state index is 0.124. The summed E-state index contributed by atoms with van der Waals surface area (Å²) in [6, 6.07) is 7.51. The molecule has 0 aliphatic carbocycles. The van der Waals surface area contributed by atoms with E-state index in [9.17, 15) is 4.79 Å². The molecule has 0 spiro atoms. The van der Waals surface area contributed by atoms with Crippen LogP contribution in [-0.4, -0.2) is 16.1 Å². The number of aromatic nitrogens is 1. The van der Waals surface area contributed by atoms with Gasteiger partial charge in [0.1, 0.15) is 17.0 Å². The summed E-state index contributed by atoms with van der Waals surface area (Å²) in [6.07, 6.45) is 1.22. The van der Waals surface area contributed by atoms with E-state index in [1.165, 1.54) is 23.7 Å². The van der Waals surface area contributed by atoms with Gasteiger partial charge in [-0.1, -0.05) is 22.0 Å². The zero-order valence-corrected chi connectivity index (χ0v) is 13.4. The molecule has 6 heteroatoms. The molecule has 0 saturated carbocycles. The number of hydrogen-bond acceptors (Lipinski definition) is 4. The molecule has 2 heterocycles. The summed E-state index contributed by atoms with van der Waals surface area (Å²) >= 11 is 4.97. The maximum atomic E-state index is 10.9. The Morgan fingerprint density at radius 3 is 2.86 bits per heavy atom. The number of thiazole rings is 1. The standard InChI is InChI=1S/C15H10BrNO3S/c1-8-4-9(2-3-11(8)16)14-17-12(7-21-14)13-5-10(6-20-13)15(18)19/h2-7H,1H3,(H,18,19). The first-order valence-corrected chi connectivity index (χ1v) is 7.76. The van der Waals surface area contributed by atoms with E-state index in [0.29, 0.717) is 11.5 Å². The molecule has 0 bridgehead atoms. The van der Waals surface area contributed by atoms with Gasteiger partial charge in [-0.2, -0.15) is 0 Å². The van der Waals surface area contributed by atoms with Crippen LogP contribution in [0, 0.1) is 6.92 Å². The van der Waals surface area contributed by atoms with Crippen LogP contribution in [-0.2, 0) is 0 Å². The zero-order valence-electron chi connectivity index (χ0n) is 11.0. The van der Waals surface area contributed by atoms with Crippen LogP contribution >= 0.6 is 27.3 Å². The summed E-state index contributed by atoms with van der Waals surface area (Å²) in [7, 11) is 0. The number of rotatable bonds is 3. The van der Waals surface area contributed by atoms with E-state index in [1.54, 1.807) is 0 Å². The van der Waals surface area contributed by atoms with Crippen LogP contribution in [0.15, 0.2) is 44.8 Å². The second-order valence-corrected chi connectivity index (χ2v) is 6.22. The van der Waals surface area contributed by atoms with E-state index in [4.69, 9.17) is 9.52 Å². The van der Waals surface area contributed by atoms with Crippen molar-refractivity contribution >= 4 is 33.2 Å². The number of furan rings is 1. The molecule has 1 aromatic carbocycles. The van der Waals surface area contributed by atoms with Crippen molar-refractivity contribution in [3.8, 4) is 22.0 Å². The van der Waals surface area contributed by atoms with Crippen LogP contribution in [0.4, 0.5) is 0 Å². The molecule has 21 heavy (non-hydrogen) atoms. The van der Waals surface area contributed by atoms with Gasteiger partial charge in [-0.25, -0.2) is 9.78 Å². The fourth-order valence-electron chi connectivity index (χ4n) is 1.88. The summed E-state index contributed by atoms with van der Waals surface area (Å²) in [4.78, 5) is 15.4. The van der Waals surface area contributed by atoms with Gasteiger partial charge in [0.05, 0.1) is 5.56 Å². The largest absolute Gasteiger partial charge is 0.478 e. The van der Waals surface area contributed by atoms with Crippen molar-refractivity contribution in [1.29, 1.82) is 0 Å². The van der Waals surface area contributed by atoms with Gasteiger partial charge in [0.15, 0.2) is 5.76 Å². The summed E-state index contributed by atoms with van der Waals surface area (Å²) < 4.78 is 6.32. The Labute approximate surface area is 133 Å². The lowest BCUT2D eigenvalue weighted by Crippen LogP contribution is -1.91. The quantitative estimate of drug-likeness (QED) is 0.722. The fraction of sp³-hybridized carbons (Fsp3) is 0.0667. The number of benzene rings is 1. The van der Waals surface area contributed by atoms with Gasteiger partial charge in [-0.3, -0.25) is 0 Å². The lowest BCUT2D eigenvalue weighted by atomic mass is 10.1. The number of halogens is 1. The smallest absolute Gasteiger partial charge is 0.338 e. The number of aromatic carboxylic acids is 1. The van der Waals surface area contributed by atoms with Crippen molar-refractivity contribution in [3.63, 3.8) is 0 Å². The average molecular weight is 364 g/mol. The Kier molecular flexibility index (Phi) is 3.65. The molecule has 0 aliphatic rings. The van der Waals surface area contributed by atoms with Gasteiger partial charge in [-0.05, 0) is 24.6 Å². The van der Waals surface area contributed by atoms with Crippen LogP contribution < -0.4 is 0 Å².